The molecule has 118 valence electrons. The third-order valence-electron chi connectivity index (χ3n) is 3.54. The van der Waals surface area contributed by atoms with Crippen LogP contribution in [0.15, 0.2) is 0 Å². The van der Waals surface area contributed by atoms with Crippen LogP contribution in [0.5, 0.6) is 0 Å². The van der Waals surface area contributed by atoms with E-state index in [1.54, 1.807) is 0 Å². The molecule has 1 rings (SSSR count). The van der Waals surface area contributed by atoms with E-state index >= 15 is 0 Å². The van der Waals surface area contributed by atoms with Gasteiger partial charge >= 0.3 is 8.80 Å². The summed E-state index contributed by atoms with van der Waals surface area (Å²) in [6, 6.07) is 1.47. The molecule has 0 radical (unpaired) electrons. The molecule has 0 amide bonds. The van der Waals surface area contributed by atoms with Crippen LogP contribution in [0.25, 0.3) is 0 Å². The minimum atomic E-state index is -2.45. The Morgan fingerprint density at radius 2 is 1.75 bits per heavy atom. The third kappa shape index (κ3) is 5.52. The Hall–Kier alpha value is -0.433. The second-order valence-electron chi connectivity index (χ2n) is 5.04. The molecule has 0 spiro atoms. The highest BCUT2D eigenvalue weighted by Gasteiger charge is 2.39. The molecule has 0 saturated carbocycles. The minimum absolute atomic E-state index is 0.557. The maximum atomic E-state index is 5.88. The first-order valence-electron chi connectivity index (χ1n) is 7.91. The van der Waals surface area contributed by atoms with Gasteiger partial charge in [-0.1, -0.05) is 0 Å². The molecule has 0 aromatic rings. The maximum absolute atomic E-state index is 5.88. The van der Waals surface area contributed by atoms with Crippen molar-refractivity contribution in [2.24, 2.45) is 0 Å². The molecule has 1 unspecified atom stereocenters. The van der Waals surface area contributed by atoms with Crippen LogP contribution in [0.2, 0.25) is 6.04 Å². The van der Waals surface area contributed by atoms with Crippen molar-refractivity contribution in [2.75, 3.05) is 32.9 Å². The van der Waals surface area contributed by atoms with E-state index in [9.17, 15) is 0 Å². The molecular formula is C14H31N2O3Si+. The van der Waals surface area contributed by atoms with Crippen LogP contribution in [-0.2, 0) is 13.3 Å². The van der Waals surface area contributed by atoms with Crippen molar-refractivity contribution >= 4 is 15.1 Å². The predicted octanol–water partition coefficient (Wildman–Crippen LogP) is 1.85. The molecule has 1 aliphatic heterocycles. The van der Waals surface area contributed by atoms with Crippen molar-refractivity contribution in [3.05, 3.63) is 0 Å². The van der Waals surface area contributed by atoms with Crippen molar-refractivity contribution in [1.82, 2.24) is 5.32 Å². The zero-order valence-electron chi connectivity index (χ0n) is 13.5. The zero-order valence-corrected chi connectivity index (χ0v) is 14.5. The van der Waals surface area contributed by atoms with E-state index in [4.69, 9.17) is 13.3 Å². The van der Waals surface area contributed by atoms with E-state index < -0.39 is 8.80 Å². The van der Waals surface area contributed by atoms with Gasteiger partial charge in [-0.05, 0) is 40.5 Å². The summed E-state index contributed by atoms with van der Waals surface area (Å²) in [6.07, 6.45) is 4.32. The Bertz CT molecular complexity index is 283. The van der Waals surface area contributed by atoms with Gasteiger partial charge in [0.05, 0.1) is 6.04 Å². The van der Waals surface area contributed by atoms with Crippen LogP contribution in [-0.4, -0.2) is 58.7 Å². The minimum Gasteiger partial charge on any atom is -0.374 e. The average Bonchev–Trinajstić information content (AvgIpc) is 2.93. The molecular weight excluding hydrogens is 272 g/mol. The number of nitrogens with zero attached hydrogens (tertiary/aromatic N) is 1. The summed E-state index contributed by atoms with van der Waals surface area (Å²) in [4.78, 5) is 0. The smallest absolute Gasteiger partial charge is 0.374 e. The van der Waals surface area contributed by atoms with E-state index in [1.807, 2.05) is 20.8 Å². The van der Waals surface area contributed by atoms with Gasteiger partial charge in [-0.3, -0.25) is 9.89 Å². The monoisotopic (exact) mass is 303 g/mol. The first-order chi connectivity index (χ1) is 9.67. The summed E-state index contributed by atoms with van der Waals surface area (Å²) in [5.41, 5.74) is 0. The molecule has 1 atom stereocenters. The summed E-state index contributed by atoms with van der Waals surface area (Å²) < 4.78 is 20.0. The molecule has 1 N–H and O–H groups in total. The molecule has 0 fully saturated rings. The molecule has 20 heavy (non-hydrogen) atoms. The third-order valence-corrected chi connectivity index (χ3v) is 6.69. The van der Waals surface area contributed by atoms with E-state index in [0.717, 1.165) is 32.0 Å². The molecule has 6 heteroatoms. The van der Waals surface area contributed by atoms with Crippen molar-refractivity contribution in [3.8, 4) is 0 Å². The fourth-order valence-corrected chi connectivity index (χ4v) is 5.21. The second-order valence-corrected chi connectivity index (χ2v) is 7.78. The molecule has 1 heterocycles. The average molecular weight is 303 g/mol. The standard InChI is InChI=1S/C14H30N2O3Si/c1-5-17-20(18-6-2,19-7-3)12-8-9-14(4)16-11-10-15-13-16/h13-14H,5-12H2,1-4H3/p+1. The van der Waals surface area contributed by atoms with Crippen molar-refractivity contribution in [1.29, 1.82) is 0 Å². The summed E-state index contributed by atoms with van der Waals surface area (Å²) in [5, 5.41) is 3.26. The van der Waals surface area contributed by atoms with Crippen LogP contribution in [0.4, 0.5) is 0 Å². The van der Waals surface area contributed by atoms with Crippen molar-refractivity contribution in [3.63, 3.8) is 0 Å². The number of hydrogen-bond donors (Lipinski definition) is 1. The molecule has 0 aromatic carbocycles. The first kappa shape index (κ1) is 17.6. The Balaban J connectivity index is 2.43. The van der Waals surface area contributed by atoms with Crippen molar-refractivity contribution < 1.29 is 17.9 Å². The van der Waals surface area contributed by atoms with E-state index in [-0.39, 0.29) is 0 Å². The van der Waals surface area contributed by atoms with Gasteiger partial charge in [0.15, 0.2) is 0 Å². The summed E-state index contributed by atoms with van der Waals surface area (Å²) in [5.74, 6) is 0. The van der Waals surface area contributed by atoms with E-state index in [0.29, 0.717) is 25.9 Å². The highest BCUT2D eigenvalue weighted by atomic mass is 28.4. The lowest BCUT2D eigenvalue weighted by molar-refractivity contribution is -0.550. The lowest BCUT2D eigenvalue weighted by Crippen LogP contribution is -2.46. The zero-order chi connectivity index (χ0) is 14.8. The summed E-state index contributed by atoms with van der Waals surface area (Å²) in [6.45, 7) is 12.4. The topological polar surface area (TPSA) is 42.7 Å². The maximum Gasteiger partial charge on any atom is 0.500 e. The van der Waals surface area contributed by atoms with Crippen LogP contribution >= 0.6 is 0 Å². The van der Waals surface area contributed by atoms with Gasteiger partial charge < -0.3 is 13.3 Å². The quantitative estimate of drug-likeness (QED) is 0.467. The fourth-order valence-electron chi connectivity index (χ4n) is 2.57. The number of nitrogens with one attached hydrogen (secondary N) is 1. The molecule has 0 saturated heterocycles. The summed E-state index contributed by atoms with van der Waals surface area (Å²) >= 11 is 0. The van der Waals surface area contributed by atoms with Crippen LogP contribution in [0.1, 0.15) is 40.5 Å². The SMILES string of the molecule is CCO[Si](CCCC(C)[N+]1=CNCC1)(OCC)OCC. The largest absolute Gasteiger partial charge is 0.500 e. The number of rotatable bonds is 11. The first-order valence-corrected chi connectivity index (χ1v) is 9.85. The molecule has 0 aliphatic carbocycles. The van der Waals surface area contributed by atoms with Gasteiger partial charge in [-0.25, -0.2) is 0 Å². The molecule has 0 bridgehead atoms. The molecule has 1 aliphatic rings. The van der Waals surface area contributed by atoms with Gasteiger partial charge in [0.25, 0.3) is 0 Å². The van der Waals surface area contributed by atoms with Gasteiger partial charge in [0, 0.05) is 25.9 Å². The van der Waals surface area contributed by atoms with E-state index in [2.05, 4.69) is 23.2 Å². The van der Waals surface area contributed by atoms with E-state index in [1.165, 1.54) is 0 Å². The van der Waals surface area contributed by atoms with Gasteiger partial charge in [0.1, 0.15) is 13.1 Å². The van der Waals surface area contributed by atoms with Gasteiger partial charge in [0.2, 0.25) is 6.34 Å². The molecule has 5 nitrogen and oxygen atoms in total. The van der Waals surface area contributed by atoms with Crippen LogP contribution < -0.4 is 5.32 Å². The van der Waals surface area contributed by atoms with Crippen LogP contribution in [0, 0.1) is 0 Å². The predicted molar refractivity (Wildman–Crippen MR) is 83.3 cm³/mol. The van der Waals surface area contributed by atoms with Crippen molar-refractivity contribution in [2.45, 2.75) is 52.6 Å². The van der Waals surface area contributed by atoms with Gasteiger partial charge in [-0.15, -0.1) is 0 Å². The fraction of sp³-hybridized carbons (Fsp3) is 0.929. The second kappa shape index (κ2) is 9.49. The highest BCUT2D eigenvalue weighted by Crippen LogP contribution is 2.20. The highest BCUT2D eigenvalue weighted by molar-refractivity contribution is 6.60. The Morgan fingerprint density at radius 3 is 2.20 bits per heavy atom. The molecule has 0 aromatic heterocycles. The number of hydrogen-bond acceptors (Lipinski definition) is 4. The van der Waals surface area contributed by atoms with Gasteiger partial charge in [-0.2, -0.15) is 0 Å². The summed E-state index contributed by atoms with van der Waals surface area (Å²) in [7, 11) is -2.45. The Labute approximate surface area is 124 Å². The lowest BCUT2D eigenvalue weighted by atomic mass is 10.2. The Morgan fingerprint density at radius 1 is 1.15 bits per heavy atom. The van der Waals surface area contributed by atoms with Crippen LogP contribution in [0.3, 0.4) is 0 Å². The Kier molecular flexibility index (Phi) is 8.36. The lowest BCUT2D eigenvalue weighted by Gasteiger charge is -2.28. The normalized spacial score (nSPS) is 16.9.